The first-order valence-electron chi connectivity index (χ1n) is 7.17. The van der Waals surface area contributed by atoms with Crippen LogP contribution in [0.4, 0.5) is 0 Å². The fourth-order valence-electron chi connectivity index (χ4n) is 2.89. The van der Waals surface area contributed by atoms with Crippen molar-refractivity contribution in [1.29, 1.82) is 0 Å². The second-order valence-corrected chi connectivity index (χ2v) is 5.96. The Bertz CT molecular complexity index is 416. The first-order valence-corrected chi connectivity index (χ1v) is 7.17. The van der Waals surface area contributed by atoms with Crippen molar-refractivity contribution in [3.05, 3.63) is 35.9 Å². The molecule has 2 atom stereocenters. The molecule has 2 N–H and O–H groups in total. The number of benzene rings is 1. The fourth-order valence-corrected chi connectivity index (χ4v) is 2.89. The van der Waals surface area contributed by atoms with Crippen LogP contribution in [0.15, 0.2) is 30.3 Å². The summed E-state index contributed by atoms with van der Waals surface area (Å²) in [6, 6.07) is 9.12. The van der Waals surface area contributed by atoms with Gasteiger partial charge in [0.05, 0.1) is 0 Å². The fraction of sp³-hybridized carbons (Fsp3) is 0.562. The molecular formula is C16H24N2O. The lowest BCUT2D eigenvalue weighted by molar-refractivity contribution is -0.131. The van der Waals surface area contributed by atoms with Crippen molar-refractivity contribution in [3.63, 3.8) is 0 Å². The SMILES string of the molecule is CC(C)CC1CCN(C(=O)C(N)c2ccccc2)C1. The quantitative estimate of drug-likeness (QED) is 0.904. The predicted octanol–water partition coefficient (Wildman–Crippen LogP) is 2.58. The highest BCUT2D eigenvalue weighted by Gasteiger charge is 2.29. The Morgan fingerprint density at radius 1 is 1.37 bits per heavy atom. The summed E-state index contributed by atoms with van der Waals surface area (Å²) in [4.78, 5) is 14.3. The van der Waals surface area contributed by atoms with Crippen molar-refractivity contribution in [3.8, 4) is 0 Å². The highest BCUT2D eigenvalue weighted by Crippen LogP contribution is 2.25. The zero-order valence-corrected chi connectivity index (χ0v) is 11.9. The van der Waals surface area contributed by atoms with Crippen molar-refractivity contribution in [2.75, 3.05) is 13.1 Å². The summed E-state index contributed by atoms with van der Waals surface area (Å²) in [6.07, 6.45) is 2.32. The summed E-state index contributed by atoms with van der Waals surface area (Å²) in [5.41, 5.74) is 6.98. The molecule has 2 unspecified atom stereocenters. The molecule has 1 aromatic rings. The molecule has 1 heterocycles. The molecule has 19 heavy (non-hydrogen) atoms. The van der Waals surface area contributed by atoms with Gasteiger partial charge in [0.15, 0.2) is 0 Å². The van der Waals surface area contributed by atoms with Crippen LogP contribution in [0.25, 0.3) is 0 Å². The molecule has 0 saturated carbocycles. The number of amides is 1. The number of carbonyl (C=O) groups is 1. The average molecular weight is 260 g/mol. The van der Waals surface area contributed by atoms with Crippen molar-refractivity contribution in [1.82, 2.24) is 4.90 Å². The van der Waals surface area contributed by atoms with Crippen LogP contribution in [0.5, 0.6) is 0 Å². The number of rotatable bonds is 4. The van der Waals surface area contributed by atoms with E-state index in [0.717, 1.165) is 25.1 Å². The van der Waals surface area contributed by atoms with Gasteiger partial charge in [-0.05, 0) is 30.2 Å². The first kappa shape index (κ1) is 14.1. The molecule has 0 aliphatic carbocycles. The Morgan fingerprint density at radius 3 is 2.68 bits per heavy atom. The molecule has 0 bridgehead atoms. The summed E-state index contributed by atoms with van der Waals surface area (Å²) >= 11 is 0. The third-order valence-corrected chi connectivity index (χ3v) is 3.83. The van der Waals surface area contributed by atoms with Crippen LogP contribution < -0.4 is 5.73 Å². The Hall–Kier alpha value is -1.35. The standard InChI is InChI=1S/C16H24N2O/c1-12(2)10-13-8-9-18(11-13)16(19)15(17)14-6-4-3-5-7-14/h3-7,12-13,15H,8-11,17H2,1-2H3. The monoisotopic (exact) mass is 260 g/mol. The molecule has 1 saturated heterocycles. The number of hydrogen-bond donors (Lipinski definition) is 1. The summed E-state index contributed by atoms with van der Waals surface area (Å²) in [5, 5.41) is 0. The lowest BCUT2D eigenvalue weighted by atomic mass is 9.97. The summed E-state index contributed by atoms with van der Waals surface area (Å²) < 4.78 is 0. The van der Waals surface area contributed by atoms with Gasteiger partial charge in [-0.2, -0.15) is 0 Å². The van der Waals surface area contributed by atoms with Crippen molar-refractivity contribution in [2.24, 2.45) is 17.6 Å². The Morgan fingerprint density at radius 2 is 2.05 bits per heavy atom. The van der Waals surface area contributed by atoms with E-state index >= 15 is 0 Å². The van der Waals surface area contributed by atoms with Gasteiger partial charge in [0.25, 0.3) is 0 Å². The maximum absolute atomic E-state index is 12.4. The van der Waals surface area contributed by atoms with Crippen LogP contribution in [0.1, 0.15) is 38.3 Å². The van der Waals surface area contributed by atoms with Crippen LogP contribution in [0, 0.1) is 11.8 Å². The Labute approximate surface area is 115 Å². The van der Waals surface area contributed by atoms with E-state index in [1.807, 2.05) is 35.2 Å². The first-order chi connectivity index (χ1) is 9.08. The van der Waals surface area contributed by atoms with Crippen LogP contribution in [-0.2, 0) is 4.79 Å². The largest absolute Gasteiger partial charge is 0.341 e. The molecule has 3 heteroatoms. The molecule has 0 radical (unpaired) electrons. The zero-order valence-electron chi connectivity index (χ0n) is 11.9. The molecule has 3 nitrogen and oxygen atoms in total. The second kappa shape index (κ2) is 6.20. The second-order valence-electron chi connectivity index (χ2n) is 5.96. The number of likely N-dealkylation sites (tertiary alicyclic amines) is 1. The van der Waals surface area contributed by atoms with E-state index in [0.29, 0.717) is 11.8 Å². The molecule has 0 spiro atoms. The maximum Gasteiger partial charge on any atom is 0.244 e. The van der Waals surface area contributed by atoms with Gasteiger partial charge in [-0.15, -0.1) is 0 Å². The minimum Gasteiger partial charge on any atom is -0.341 e. The van der Waals surface area contributed by atoms with E-state index in [4.69, 9.17) is 5.73 Å². The number of nitrogens with two attached hydrogens (primary N) is 1. The van der Waals surface area contributed by atoms with Crippen LogP contribution >= 0.6 is 0 Å². The Kier molecular flexibility index (Phi) is 4.59. The van der Waals surface area contributed by atoms with E-state index < -0.39 is 6.04 Å². The summed E-state index contributed by atoms with van der Waals surface area (Å²) in [7, 11) is 0. The van der Waals surface area contributed by atoms with Gasteiger partial charge in [-0.3, -0.25) is 4.79 Å². The predicted molar refractivity (Wildman–Crippen MR) is 77.5 cm³/mol. The molecule has 2 rings (SSSR count). The smallest absolute Gasteiger partial charge is 0.244 e. The van der Waals surface area contributed by atoms with Gasteiger partial charge in [0, 0.05) is 13.1 Å². The van der Waals surface area contributed by atoms with E-state index in [9.17, 15) is 4.79 Å². The number of nitrogens with zero attached hydrogens (tertiary/aromatic N) is 1. The van der Waals surface area contributed by atoms with Gasteiger partial charge >= 0.3 is 0 Å². The van der Waals surface area contributed by atoms with Gasteiger partial charge in [0.1, 0.15) is 6.04 Å². The molecule has 1 aliphatic heterocycles. The van der Waals surface area contributed by atoms with Gasteiger partial charge in [0.2, 0.25) is 5.91 Å². The highest BCUT2D eigenvalue weighted by atomic mass is 16.2. The lowest BCUT2D eigenvalue weighted by Crippen LogP contribution is -2.37. The Balaban J connectivity index is 1.94. The normalized spacial score (nSPS) is 20.8. The third kappa shape index (κ3) is 3.57. The van der Waals surface area contributed by atoms with Crippen molar-refractivity contribution < 1.29 is 4.79 Å². The molecule has 1 amide bonds. The van der Waals surface area contributed by atoms with Crippen molar-refractivity contribution >= 4 is 5.91 Å². The van der Waals surface area contributed by atoms with E-state index in [1.165, 1.54) is 6.42 Å². The van der Waals surface area contributed by atoms with Gasteiger partial charge in [-0.25, -0.2) is 0 Å². The van der Waals surface area contributed by atoms with Gasteiger partial charge < -0.3 is 10.6 Å². The maximum atomic E-state index is 12.4. The van der Waals surface area contributed by atoms with Crippen LogP contribution in [0.3, 0.4) is 0 Å². The molecule has 104 valence electrons. The highest BCUT2D eigenvalue weighted by molar-refractivity contribution is 5.83. The molecule has 0 aromatic heterocycles. The third-order valence-electron chi connectivity index (χ3n) is 3.83. The minimum absolute atomic E-state index is 0.0671. The van der Waals surface area contributed by atoms with E-state index in [1.54, 1.807) is 0 Å². The topological polar surface area (TPSA) is 46.3 Å². The lowest BCUT2D eigenvalue weighted by Gasteiger charge is -2.21. The molecule has 1 aliphatic rings. The van der Waals surface area contributed by atoms with E-state index in [-0.39, 0.29) is 5.91 Å². The zero-order chi connectivity index (χ0) is 13.8. The minimum atomic E-state index is -0.515. The average Bonchev–Trinajstić information content (AvgIpc) is 2.85. The van der Waals surface area contributed by atoms with Crippen LogP contribution in [-0.4, -0.2) is 23.9 Å². The van der Waals surface area contributed by atoms with E-state index in [2.05, 4.69) is 13.8 Å². The molecule has 1 fully saturated rings. The summed E-state index contributed by atoms with van der Waals surface area (Å²) in [6.45, 7) is 6.20. The van der Waals surface area contributed by atoms with Gasteiger partial charge in [-0.1, -0.05) is 44.2 Å². The number of carbonyl (C=O) groups excluding carboxylic acids is 1. The molecule has 1 aromatic carbocycles. The number of hydrogen-bond acceptors (Lipinski definition) is 2. The van der Waals surface area contributed by atoms with Crippen LogP contribution in [0.2, 0.25) is 0 Å². The van der Waals surface area contributed by atoms with Crippen molar-refractivity contribution in [2.45, 2.75) is 32.7 Å². The molecular weight excluding hydrogens is 236 g/mol. The summed E-state index contributed by atoms with van der Waals surface area (Å²) in [5.74, 6) is 1.41.